The van der Waals surface area contributed by atoms with Crippen molar-refractivity contribution in [2.75, 3.05) is 0 Å². The molecule has 0 amide bonds. The van der Waals surface area contributed by atoms with E-state index in [-0.39, 0.29) is 6.42 Å². The number of hydrogen-bond donors (Lipinski definition) is 0. The van der Waals surface area contributed by atoms with Crippen LogP contribution in [0.4, 0.5) is 17.6 Å². The van der Waals surface area contributed by atoms with Crippen LogP contribution in [-0.4, -0.2) is 11.8 Å². The first-order valence-corrected chi connectivity index (χ1v) is 3.70. The Morgan fingerprint density at radius 2 is 1.55 bits per heavy atom. The molecule has 0 aliphatic heterocycles. The highest BCUT2D eigenvalue weighted by Crippen LogP contribution is 2.64. The SMILES string of the molecule is CCCCC1C(F)(F)C1(F)F. The smallest absolute Gasteiger partial charge is 0.199 e. The summed E-state index contributed by atoms with van der Waals surface area (Å²) in [6.45, 7) is 1.79. The van der Waals surface area contributed by atoms with E-state index in [0.29, 0.717) is 12.8 Å². The Labute approximate surface area is 62.6 Å². The maximum absolute atomic E-state index is 12.1. The van der Waals surface area contributed by atoms with E-state index in [1.54, 1.807) is 6.92 Å². The molecule has 11 heavy (non-hydrogen) atoms. The first kappa shape index (κ1) is 8.81. The molecule has 0 nitrogen and oxygen atoms in total. The van der Waals surface area contributed by atoms with E-state index in [1.807, 2.05) is 0 Å². The zero-order valence-electron chi connectivity index (χ0n) is 6.21. The minimum atomic E-state index is -3.72. The zero-order valence-corrected chi connectivity index (χ0v) is 6.21. The summed E-state index contributed by atoms with van der Waals surface area (Å²) in [7, 11) is 0. The number of rotatable bonds is 3. The fourth-order valence-electron chi connectivity index (χ4n) is 1.18. The third kappa shape index (κ3) is 1.12. The molecular weight excluding hydrogens is 160 g/mol. The second-order valence-corrected chi connectivity index (χ2v) is 2.94. The van der Waals surface area contributed by atoms with E-state index in [2.05, 4.69) is 0 Å². The topological polar surface area (TPSA) is 0 Å². The lowest BCUT2D eigenvalue weighted by Crippen LogP contribution is -2.02. The molecule has 0 aromatic heterocycles. The normalized spacial score (nSPS) is 27.0. The van der Waals surface area contributed by atoms with Crippen molar-refractivity contribution in [3.8, 4) is 0 Å². The van der Waals surface area contributed by atoms with Crippen molar-refractivity contribution >= 4 is 0 Å². The highest BCUT2D eigenvalue weighted by Gasteiger charge is 2.84. The number of halogens is 4. The van der Waals surface area contributed by atoms with E-state index in [1.165, 1.54) is 0 Å². The van der Waals surface area contributed by atoms with E-state index in [9.17, 15) is 17.6 Å². The Balaban J connectivity index is 2.41. The van der Waals surface area contributed by atoms with Crippen LogP contribution in [0.25, 0.3) is 0 Å². The monoisotopic (exact) mass is 170 g/mol. The van der Waals surface area contributed by atoms with Gasteiger partial charge in [-0.05, 0) is 6.42 Å². The Morgan fingerprint density at radius 3 is 1.82 bits per heavy atom. The van der Waals surface area contributed by atoms with Crippen molar-refractivity contribution in [1.29, 1.82) is 0 Å². The fourth-order valence-corrected chi connectivity index (χ4v) is 1.18. The van der Waals surface area contributed by atoms with Gasteiger partial charge >= 0.3 is 11.8 Å². The van der Waals surface area contributed by atoms with Gasteiger partial charge in [0, 0.05) is 0 Å². The molecule has 0 radical (unpaired) electrons. The minimum Gasteiger partial charge on any atom is -0.199 e. The third-order valence-corrected chi connectivity index (χ3v) is 2.08. The minimum absolute atomic E-state index is 0.0590. The highest BCUT2D eigenvalue weighted by molar-refractivity contribution is 5.13. The number of alkyl halides is 4. The van der Waals surface area contributed by atoms with E-state index in [4.69, 9.17) is 0 Å². The average Bonchev–Trinajstić information content (AvgIpc) is 2.23. The molecule has 0 unspecified atom stereocenters. The molecule has 1 aliphatic rings. The second-order valence-electron chi connectivity index (χ2n) is 2.94. The molecule has 0 saturated heterocycles. The average molecular weight is 170 g/mol. The molecule has 0 spiro atoms. The van der Waals surface area contributed by atoms with E-state index < -0.39 is 17.8 Å². The summed E-state index contributed by atoms with van der Waals surface area (Å²) in [6, 6.07) is 0. The maximum atomic E-state index is 12.1. The molecule has 66 valence electrons. The Kier molecular flexibility index (Phi) is 1.89. The van der Waals surface area contributed by atoms with Gasteiger partial charge in [-0.25, -0.2) is 0 Å². The summed E-state index contributed by atoms with van der Waals surface area (Å²) in [5.41, 5.74) is 0. The molecule has 0 aromatic rings. The van der Waals surface area contributed by atoms with Crippen molar-refractivity contribution in [3.05, 3.63) is 0 Å². The lowest BCUT2D eigenvalue weighted by molar-refractivity contribution is -0.0278. The van der Waals surface area contributed by atoms with E-state index >= 15 is 0 Å². The first-order valence-electron chi connectivity index (χ1n) is 3.70. The van der Waals surface area contributed by atoms with Gasteiger partial charge in [0.05, 0.1) is 5.92 Å². The second kappa shape index (κ2) is 2.35. The molecule has 0 atom stereocenters. The van der Waals surface area contributed by atoms with Crippen molar-refractivity contribution in [2.24, 2.45) is 5.92 Å². The van der Waals surface area contributed by atoms with Crippen LogP contribution < -0.4 is 0 Å². The van der Waals surface area contributed by atoms with Gasteiger partial charge in [0.1, 0.15) is 0 Å². The molecule has 0 bridgehead atoms. The maximum Gasteiger partial charge on any atom is 0.319 e. The summed E-state index contributed by atoms with van der Waals surface area (Å²) >= 11 is 0. The lowest BCUT2D eigenvalue weighted by atomic mass is 10.2. The van der Waals surface area contributed by atoms with Gasteiger partial charge in [0.25, 0.3) is 0 Å². The first-order chi connectivity index (χ1) is 4.94. The third-order valence-electron chi connectivity index (χ3n) is 2.08. The van der Waals surface area contributed by atoms with Crippen LogP contribution in [-0.2, 0) is 0 Å². The summed E-state index contributed by atoms with van der Waals surface area (Å²) < 4.78 is 48.6. The molecule has 1 aliphatic carbocycles. The Bertz CT molecular complexity index is 139. The Hall–Kier alpha value is -0.280. The predicted molar refractivity (Wildman–Crippen MR) is 32.9 cm³/mol. The molecule has 1 saturated carbocycles. The van der Waals surface area contributed by atoms with Gasteiger partial charge in [-0.1, -0.05) is 19.8 Å². The standard InChI is InChI=1S/C7H10F4/c1-2-3-4-5-6(8,9)7(5,10)11/h5H,2-4H2,1H3. The fraction of sp³-hybridized carbons (Fsp3) is 1.00. The van der Waals surface area contributed by atoms with Crippen LogP contribution in [0.15, 0.2) is 0 Å². The summed E-state index contributed by atoms with van der Waals surface area (Å²) in [5.74, 6) is -9.13. The highest BCUT2D eigenvalue weighted by atomic mass is 19.3. The van der Waals surface area contributed by atoms with E-state index in [0.717, 1.165) is 0 Å². The summed E-state index contributed by atoms with van der Waals surface area (Å²) in [5, 5.41) is 0. The summed E-state index contributed by atoms with van der Waals surface area (Å²) in [4.78, 5) is 0. The van der Waals surface area contributed by atoms with Crippen molar-refractivity contribution in [3.63, 3.8) is 0 Å². The van der Waals surface area contributed by atoms with Crippen molar-refractivity contribution < 1.29 is 17.6 Å². The largest absolute Gasteiger partial charge is 0.319 e. The molecule has 1 fully saturated rings. The molecule has 4 heteroatoms. The van der Waals surface area contributed by atoms with Crippen LogP contribution in [0, 0.1) is 5.92 Å². The van der Waals surface area contributed by atoms with Crippen LogP contribution in [0.3, 0.4) is 0 Å². The van der Waals surface area contributed by atoms with Gasteiger partial charge < -0.3 is 0 Å². The lowest BCUT2D eigenvalue weighted by Gasteiger charge is -1.91. The van der Waals surface area contributed by atoms with Gasteiger partial charge in [-0.2, -0.15) is 17.6 Å². The van der Waals surface area contributed by atoms with Crippen LogP contribution in [0.1, 0.15) is 26.2 Å². The van der Waals surface area contributed by atoms with Crippen molar-refractivity contribution in [2.45, 2.75) is 38.0 Å². The molecule has 0 heterocycles. The van der Waals surface area contributed by atoms with Crippen LogP contribution in [0.5, 0.6) is 0 Å². The number of hydrogen-bond acceptors (Lipinski definition) is 0. The Morgan fingerprint density at radius 1 is 1.09 bits per heavy atom. The zero-order chi connectivity index (χ0) is 8.70. The van der Waals surface area contributed by atoms with Gasteiger partial charge in [0.2, 0.25) is 0 Å². The molecular formula is C7H10F4. The molecule has 0 N–H and O–H groups in total. The van der Waals surface area contributed by atoms with Gasteiger partial charge in [-0.3, -0.25) is 0 Å². The van der Waals surface area contributed by atoms with Crippen molar-refractivity contribution in [1.82, 2.24) is 0 Å². The van der Waals surface area contributed by atoms with Crippen LogP contribution in [0.2, 0.25) is 0 Å². The van der Waals surface area contributed by atoms with Gasteiger partial charge in [-0.15, -0.1) is 0 Å². The molecule has 1 rings (SSSR count). The van der Waals surface area contributed by atoms with Crippen LogP contribution >= 0.6 is 0 Å². The quantitative estimate of drug-likeness (QED) is 0.571. The summed E-state index contributed by atoms with van der Waals surface area (Å²) in [6.07, 6.45) is 1.08. The molecule has 0 aromatic carbocycles. The number of unbranched alkanes of at least 4 members (excludes halogenated alkanes) is 1. The van der Waals surface area contributed by atoms with Gasteiger partial charge in [0.15, 0.2) is 0 Å². The predicted octanol–water partition coefficient (Wildman–Crippen LogP) is 3.08.